The number of hydrogen-bond acceptors (Lipinski definition) is 4. The summed E-state index contributed by atoms with van der Waals surface area (Å²) in [6.45, 7) is 2.24. The Morgan fingerprint density at radius 2 is 1.91 bits per heavy atom. The number of benzene rings is 2. The van der Waals surface area contributed by atoms with Gasteiger partial charge in [-0.2, -0.15) is 4.31 Å². The normalized spacial score (nSPS) is 17.5. The molecule has 2 atom stereocenters. The van der Waals surface area contributed by atoms with Crippen molar-refractivity contribution in [3.8, 4) is 0 Å². The van der Waals surface area contributed by atoms with Crippen molar-refractivity contribution in [2.45, 2.75) is 43.2 Å². The van der Waals surface area contributed by atoms with Crippen molar-refractivity contribution in [1.82, 2.24) is 9.62 Å². The largest absolute Gasteiger partial charge is 0.469 e. The topological polar surface area (TPSA) is 79.6 Å². The number of carbonyl (C=O) groups is 1. The number of amides is 1. The molecule has 4 rings (SSSR count). The summed E-state index contributed by atoms with van der Waals surface area (Å²) < 4.78 is 34.6. The summed E-state index contributed by atoms with van der Waals surface area (Å²) in [4.78, 5) is 13.2. The first-order valence-corrected chi connectivity index (χ1v) is 12.7. The number of carbonyl (C=O) groups excluding carboxylic acids is 1. The Bertz CT molecular complexity index is 1180. The van der Waals surface area contributed by atoms with E-state index in [0.29, 0.717) is 19.4 Å². The third kappa shape index (κ3) is 4.98. The lowest BCUT2D eigenvalue weighted by Gasteiger charge is -2.36. The molecule has 1 amide bonds. The minimum absolute atomic E-state index is 0.0509. The molecule has 2 heterocycles. The van der Waals surface area contributed by atoms with E-state index in [0.717, 1.165) is 21.4 Å². The second kappa shape index (κ2) is 9.60. The van der Waals surface area contributed by atoms with Crippen LogP contribution >= 0.6 is 15.9 Å². The predicted octanol–water partition coefficient (Wildman–Crippen LogP) is 4.47. The van der Waals surface area contributed by atoms with Crippen LogP contribution in [0.2, 0.25) is 0 Å². The van der Waals surface area contributed by atoms with Crippen LogP contribution in [0.1, 0.15) is 36.3 Å². The summed E-state index contributed by atoms with van der Waals surface area (Å²) in [6, 6.07) is 17.3. The fourth-order valence-electron chi connectivity index (χ4n) is 4.16. The molecule has 6 nitrogen and oxygen atoms in total. The number of sulfonamides is 1. The maximum Gasteiger partial charge on any atom is 0.243 e. The smallest absolute Gasteiger partial charge is 0.243 e. The maximum absolute atomic E-state index is 13.5. The highest BCUT2D eigenvalue weighted by atomic mass is 79.9. The van der Waals surface area contributed by atoms with E-state index in [1.54, 1.807) is 30.5 Å². The first-order valence-electron chi connectivity index (χ1n) is 10.5. The predicted molar refractivity (Wildman–Crippen MR) is 126 cm³/mol. The van der Waals surface area contributed by atoms with Gasteiger partial charge in [0, 0.05) is 29.9 Å². The van der Waals surface area contributed by atoms with E-state index >= 15 is 0 Å². The second-order valence-electron chi connectivity index (χ2n) is 7.99. The van der Waals surface area contributed by atoms with Crippen LogP contribution in [0.25, 0.3) is 0 Å². The van der Waals surface area contributed by atoms with Gasteiger partial charge in [-0.1, -0.05) is 40.2 Å². The summed E-state index contributed by atoms with van der Waals surface area (Å²) in [5.74, 6) is 0.599. The van der Waals surface area contributed by atoms with Gasteiger partial charge in [0.1, 0.15) is 5.76 Å². The molecule has 32 heavy (non-hydrogen) atoms. The van der Waals surface area contributed by atoms with Crippen LogP contribution in [0.15, 0.2) is 80.7 Å². The number of hydrogen-bond donors (Lipinski definition) is 1. The molecule has 0 fully saturated rings. The molecule has 168 valence electrons. The number of nitrogens with zero attached hydrogens (tertiary/aromatic N) is 1. The molecule has 0 unspecified atom stereocenters. The zero-order chi connectivity index (χ0) is 22.7. The van der Waals surface area contributed by atoms with Crippen molar-refractivity contribution < 1.29 is 17.6 Å². The molecule has 1 N–H and O–H groups in total. The molecule has 1 aromatic heterocycles. The van der Waals surface area contributed by atoms with E-state index in [4.69, 9.17) is 4.42 Å². The van der Waals surface area contributed by atoms with Gasteiger partial charge in [-0.05, 0) is 60.9 Å². The van der Waals surface area contributed by atoms with E-state index in [2.05, 4.69) is 21.2 Å². The molecule has 3 aromatic rings. The molecule has 0 aliphatic carbocycles. The number of furan rings is 1. The first-order chi connectivity index (χ1) is 15.3. The van der Waals surface area contributed by atoms with Crippen LogP contribution < -0.4 is 5.32 Å². The first kappa shape index (κ1) is 22.8. The fourth-order valence-corrected chi connectivity index (χ4v) is 6.03. The fraction of sp³-hybridized carbons (Fsp3) is 0.292. The summed E-state index contributed by atoms with van der Waals surface area (Å²) in [7, 11) is -3.77. The second-order valence-corrected chi connectivity index (χ2v) is 10.8. The van der Waals surface area contributed by atoms with Gasteiger partial charge >= 0.3 is 0 Å². The minimum Gasteiger partial charge on any atom is -0.469 e. The molecule has 1 aliphatic heterocycles. The highest BCUT2D eigenvalue weighted by Crippen LogP contribution is 2.36. The van der Waals surface area contributed by atoms with Crippen LogP contribution in [0.3, 0.4) is 0 Å². The van der Waals surface area contributed by atoms with Crippen LogP contribution in [-0.2, 0) is 27.7 Å². The summed E-state index contributed by atoms with van der Waals surface area (Å²) in [5.41, 5.74) is 1.96. The van der Waals surface area contributed by atoms with Crippen LogP contribution in [0.5, 0.6) is 0 Å². The van der Waals surface area contributed by atoms with Crippen molar-refractivity contribution in [3.63, 3.8) is 0 Å². The Kier molecular flexibility index (Phi) is 6.83. The lowest BCUT2D eigenvalue weighted by atomic mass is 9.92. The highest BCUT2D eigenvalue weighted by molar-refractivity contribution is 9.10. The van der Waals surface area contributed by atoms with E-state index in [1.807, 2.05) is 43.3 Å². The van der Waals surface area contributed by atoms with Crippen LogP contribution in [-0.4, -0.2) is 31.2 Å². The average Bonchev–Trinajstić information content (AvgIpc) is 3.27. The maximum atomic E-state index is 13.5. The third-order valence-electron chi connectivity index (χ3n) is 5.66. The van der Waals surface area contributed by atoms with Gasteiger partial charge in [-0.3, -0.25) is 4.79 Å². The minimum atomic E-state index is -3.77. The third-order valence-corrected chi connectivity index (χ3v) is 8.11. The van der Waals surface area contributed by atoms with Crippen molar-refractivity contribution in [2.75, 3.05) is 6.54 Å². The number of nitrogens with one attached hydrogen (secondary N) is 1. The molecule has 1 aliphatic rings. The van der Waals surface area contributed by atoms with Gasteiger partial charge in [0.25, 0.3) is 0 Å². The zero-order valence-electron chi connectivity index (χ0n) is 17.7. The Labute approximate surface area is 196 Å². The highest BCUT2D eigenvalue weighted by Gasteiger charge is 2.37. The van der Waals surface area contributed by atoms with Crippen molar-refractivity contribution in [2.24, 2.45) is 0 Å². The molecule has 8 heteroatoms. The van der Waals surface area contributed by atoms with Crippen molar-refractivity contribution in [1.29, 1.82) is 0 Å². The van der Waals surface area contributed by atoms with Gasteiger partial charge in [0.15, 0.2) is 0 Å². The molecule has 0 spiro atoms. The Hall–Kier alpha value is -2.42. The number of halogens is 1. The van der Waals surface area contributed by atoms with E-state index in [9.17, 15) is 13.2 Å². The van der Waals surface area contributed by atoms with E-state index < -0.39 is 16.1 Å². The molecule has 0 saturated heterocycles. The molecule has 2 aromatic carbocycles. The van der Waals surface area contributed by atoms with Gasteiger partial charge < -0.3 is 9.73 Å². The van der Waals surface area contributed by atoms with Crippen LogP contribution in [0, 0.1) is 0 Å². The Balaban J connectivity index is 1.58. The summed E-state index contributed by atoms with van der Waals surface area (Å²) >= 11 is 3.35. The quantitative estimate of drug-likeness (QED) is 0.502. The Morgan fingerprint density at radius 1 is 1.16 bits per heavy atom. The SMILES string of the molecule is C[C@@H](Cc1ccco1)NC(=O)C[C@@H]1c2ccccc2CCN1S(=O)(=O)c1ccc(Br)cc1. The molecular weight excluding hydrogens is 492 g/mol. The zero-order valence-corrected chi connectivity index (χ0v) is 20.1. The average molecular weight is 517 g/mol. The Morgan fingerprint density at radius 3 is 2.62 bits per heavy atom. The van der Waals surface area contributed by atoms with Crippen molar-refractivity contribution in [3.05, 3.63) is 88.3 Å². The molecule has 0 radical (unpaired) electrons. The standard InChI is InChI=1S/C24H25BrN2O4S/c1-17(15-20-6-4-14-31-20)26-24(28)16-23-22-7-3-2-5-18(22)12-13-27(23)32(29,30)21-10-8-19(25)9-11-21/h2-11,14,17,23H,12-13,15-16H2,1H3,(H,26,28)/t17-,23+/m0/s1. The molecule has 0 bridgehead atoms. The monoisotopic (exact) mass is 516 g/mol. The van der Waals surface area contributed by atoms with Gasteiger partial charge in [-0.15, -0.1) is 0 Å². The van der Waals surface area contributed by atoms with Gasteiger partial charge in [-0.25, -0.2) is 8.42 Å². The molecular formula is C24H25BrN2O4S. The molecule has 0 saturated carbocycles. The lowest BCUT2D eigenvalue weighted by molar-refractivity contribution is -0.122. The van der Waals surface area contributed by atoms with Crippen molar-refractivity contribution >= 4 is 31.9 Å². The summed E-state index contributed by atoms with van der Waals surface area (Å²) in [5, 5.41) is 2.99. The van der Waals surface area contributed by atoms with Gasteiger partial charge in [0.2, 0.25) is 15.9 Å². The van der Waals surface area contributed by atoms with Gasteiger partial charge in [0.05, 0.1) is 17.2 Å². The number of rotatable bonds is 7. The van der Waals surface area contributed by atoms with E-state index in [1.165, 1.54) is 4.31 Å². The van der Waals surface area contributed by atoms with E-state index in [-0.39, 0.29) is 23.3 Å². The lowest BCUT2D eigenvalue weighted by Crippen LogP contribution is -2.43. The number of fused-ring (bicyclic) bond motifs is 1. The summed E-state index contributed by atoms with van der Waals surface area (Å²) in [6.07, 6.45) is 2.84. The van der Waals surface area contributed by atoms with Crippen LogP contribution in [0.4, 0.5) is 0 Å².